The second-order valence-electron chi connectivity index (χ2n) is 3.65. The van der Waals surface area contributed by atoms with Crippen molar-refractivity contribution < 1.29 is 0 Å². The molecule has 0 saturated carbocycles. The third kappa shape index (κ3) is 2.52. The van der Waals surface area contributed by atoms with Gasteiger partial charge in [-0.3, -0.25) is 9.48 Å². The fourth-order valence-electron chi connectivity index (χ4n) is 1.71. The molecule has 1 rings (SSSR count). The van der Waals surface area contributed by atoms with Gasteiger partial charge >= 0.3 is 0 Å². The van der Waals surface area contributed by atoms with Gasteiger partial charge < -0.3 is 0 Å². The fraction of sp³-hybridized carbons (Fsp3) is 0.308. The third-order valence-electron chi connectivity index (χ3n) is 2.71. The van der Waals surface area contributed by atoms with Crippen LogP contribution >= 0.6 is 15.9 Å². The Bertz CT molecular complexity index is 532. The van der Waals surface area contributed by atoms with Gasteiger partial charge in [0, 0.05) is 17.9 Å². The van der Waals surface area contributed by atoms with Crippen molar-refractivity contribution in [1.29, 1.82) is 0 Å². The van der Waals surface area contributed by atoms with Crippen molar-refractivity contribution in [1.82, 2.24) is 9.36 Å². The van der Waals surface area contributed by atoms with E-state index < -0.39 is 0 Å². The summed E-state index contributed by atoms with van der Waals surface area (Å²) in [5.74, 6) is 0. The quantitative estimate of drug-likeness (QED) is 0.620. The maximum Gasteiger partial charge on any atom is 0.274 e. The number of hydrogen-bond donors (Lipinski definition) is 0. The fourth-order valence-corrected chi connectivity index (χ4v) is 2.50. The van der Waals surface area contributed by atoms with Crippen LogP contribution in [0.3, 0.4) is 0 Å². The van der Waals surface area contributed by atoms with Gasteiger partial charge in [0.25, 0.3) is 5.56 Å². The average molecular weight is 297 g/mol. The first-order chi connectivity index (χ1) is 8.08. The van der Waals surface area contributed by atoms with E-state index >= 15 is 0 Å². The second-order valence-corrected chi connectivity index (χ2v) is 4.21. The van der Waals surface area contributed by atoms with Crippen molar-refractivity contribution in [2.45, 2.75) is 19.2 Å². The van der Waals surface area contributed by atoms with Crippen molar-refractivity contribution in [2.75, 3.05) is 0 Å². The summed E-state index contributed by atoms with van der Waals surface area (Å²) in [6.07, 6.45) is 7.28. The third-order valence-corrected chi connectivity index (χ3v) is 3.24. The highest BCUT2D eigenvalue weighted by molar-refractivity contribution is 9.08. The van der Waals surface area contributed by atoms with Crippen LogP contribution < -0.4 is 5.56 Å². The molecule has 0 aliphatic carbocycles. The number of alkyl halides is 1. The van der Waals surface area contributed by atoms with Crippen LogP contribution in [0.15, 0.2) is 35.7 Å². The molecule has 1 heterocycles. The number of allylic oxidation sites excluding steroid dienone is 5. The number of hydrogen-bond acceptors (Lipinski definition) is 1. The van der Waals surface area contributed by atoms with Crippen LogP contribution in [0.4, 0.5) is 0 Å². The molecule has 1 aromatic rings. The minimum atomic E-state index is 0.0174. The molecule has 3 nitrogen and oxygen atoms in total. The van der Waals surface area contributed by atoms with Crippen LogP contribution in [0, 0.1) is 6.92 Å². The maximum atomic E-state index is 12.2. The number of nitrogens with zero attached hydrogens (tertiary/aromatic N) is 2. The predicted molar refractivity (Wildman–Crippen MR) is 76.3 cm³/mol. The summed E-state index contributed by atoms with van der Waals surface area (Å²) in [6.45, 7) is 7.38. The van der Waals surface area contributed by atoms with E-state index in [9.17, 15) is 4.79 Å². The summed E-state index contributed by atoms with van der Waals surface area (Å²) in [6, 6.07) is 0. The summed E-state index contributed by atoms with van der Waals surface area (Å²) >= 11 is 3.40. The first kappa shape index (κ1) is 13.8. The minimum absolute atomic E-state index is 0.0174. The van der Waals surface area contributed by atoms with E-state index in [2.05, 4.69) is 22.5 Å². The maximum absolute atomic E-state index is 12.2. The van der Waals surface area contributed by atoms with Crippen LogP contribution in [0.5, 0.6) is 0 Å². The lowest BCUT2D eigenvalue weighted by molar-refractivity contribution is 0.642. The largest absolute Gasteiger partial charge is 0.284 e. The van der Waals surface area contributed by atoms with Crippen LogP contribution in [0.25, 0.3) is 5.70 Å². The zero-order valence-corrected chi connectivity index (χ0v) is 12.0. The molecule has 0 bridgehead atoms. The Morgan fingerprint density at radius 2 is 2.18 bits per heavy atom. The first-order valence-electron chi connectivity index (χ1n) is 5.37. The van der Waals surface area contributed by atoms with Crippen molar-refractivity contribution in [2.24, 2.45) is 7.05 Å². The monoisotopic (exact) mass is 296 g/mol. The van der Waals surface area contributed by atoms with E-state index in [1.165, 1.54) is 0 Å². The van der Waals surface area contributed by atoms with Crippen molar-refractivity contribution in [3.63, 3.8) is 0 Å². The molecule has 0 unspecified atom stereocenters. The van der Waals surface area contributed by atoms with Gasteiger partial charge in [0.2, 0.25) is 0 Å². The van der Waals surface area contributed by atoms with Gasteiger partial charge in [0.15, 0.2) is 0 Å². The Balaban J connectivity index is 3.46. The molecule has 0 aromatic carbocycles. The molecule has 0 spiro atoms. The van der Waals surface area contributed by atoms with Crippen molar-refractivity contribution >= 4 is 21.6 Å². The summed E-state index contributed by atoms with van der Waals surface area (Å²) < 4.78 is 3.53. The van der Waals surface area contributed by atoms with Crippen molar-refractivity contribution in [3.05, 3.63) is 52.5 Å². The summed E-state index contributed by atoms with van der Waals surface area (Å²) in [5.41, 5.74) is 2.62. The summed E-state index contributed by atoms with van der Waals surface area (Å²) in [4.78, 5) is 12.2. The minimum Gasteiger partial charge on any atom is -0.284 e. The lowest BCUT2D eigenvalue weighted by Crippen LogP contribution is -2.20. The normalized spacial score (nSPS) is 12.4. The van der Waals surface area contributed by atoms with E-state index in [1.807, 2.05) is 43.8 Å². The topological polar surface area (TPSA) is 26.9 Å². The summed E-state index contributed by atoms with van der Waals surface area (Å²) in [7, 11) is 1.89. The highest BCUT2D eigenvalue weighted by Gasteiger charge is 2.14. The van der Waals surface area contributed by atoms with E-state index in [0.29, 0.717) is 5.33 Å². The molecule has 0 saturated heterocycles. The molecule has 1 aromatic heterocycles. The highest BCUT2D eigenvalue weighted by Crippen LogP contribution is 2.12. The standard InChI is InChI=1S/C13H17BrN2O/c1-5-7-8-11(6-2)16-13(17)10(3)12(9-14)15(16)4/h5-8H,1,9H2,2-4H3/b8-7-,11-6+. The molecule has 0 aliphatic heterocycles. The van der Waals surface area contributed by atoms with Gasteiger partial charge in [-0.1, -0.05) is 40.7 Å². The average Bonchev–Trinajstić information content (AvgIpc) is 2.53. The molecule has 0 aliphatic rings. The second kappa shape index (κ2) is 5.87. The van der Waals surface area contributed by atoms with Gasteiger partial charge in [-0.05, 0) is 19.9 Å². The number of aromatic nitrogens is 2. The van der Waals surface area contributed by atoms with Crippen LogP contribution in [0.1, 0.15) is 18.2 Å². The lowest BCUT2D eigenvalue weighted by atomic mass is 10.3. The van der Waals surface area contributed by atoms with Crippen LogP contribution in [-0.4, -0.2) is 9.36 Å². The Labute approximate surface area is 110 Å². The van der Waals surface area contributed by atoms with Gasteiger partial charge in [0.05, 0.1) is 11.4 Å². The smallest absolute Gasteiger partial charge is 0.274 e. The number of rotatable bonds is 4. The lowest BCUT2D eigenvalue weighted by Gasteiger charge is -2.09. The Morgan fingerprint density at radius 3 is 2.59 bits per heavy atom. The Morgan fingerprint density at radius 1 is 1.53 bits per heavy atom. The number of halogens is 1. The highest BCUT2D eigenvalue weighted by atomic mass is 79.9. The van der Waals surface area contributed by atoms with Gasteiger partial charge in [-0.15, -0.1) is 0 Å². The molecular formula is C13H17BrN2O. The zero-order valence-electron chi connectivity index (χ0n) is 10.4. The molecule has 0 amide bonds. The van der Waals surface area contributed by atoms with Gasteiger partial charge in [-0.2, -0.15) is 0 Å². The van der Waals surface area contributed by atoms with Gasteiger partial charge in [0.1, 0.15) is 0 Å². The van der Waals surface area contributed by atoms with Crippen LogP contribution in [0.2, 0.25) is 0 Å². The molecule has 92 valence electrons. The molecule has 17 heavy (non-hydrogen) atoms. The van der Waals surface area contributed by atoms with E-state index in [-0.39, 0.29) is 5.56 Å². The van der Waals surface area contributed by atoms with Crippen LogP contribution in [-0.2, 0) is 12.4 Å². The molecule has 0 radical (unpaired) electrons. The van der Waals surface area contributed by atoms with E-state index in [0.717, 1.165) is 17.0 Å². The van der Waals surface area contributed by atoms with E-state index in [4.69, 9.17) is 0 Å². The molecule has 0 N–H and O–H groups in total. The Kier molecular flexibility index (Phi) is 4.75. The van der Waals surface area contributed by atoms with Crippen molar-refractivity contribution in [3.8, 4) is 0 Å². The molecular weight excluding hydrogens is 280 g/mol. The van der Waals surface area contributed by atoms with E-state index in [1.54, 1.807) is 10.8 Å². The zero-order chi connectivity index (χ0) is 13.0. The first-order valence-corrected chi connectivity index (χ1v) is 6.49. The van der Waals surface area contributed by atoms with Gasteiger partial charge in [-0.25, -0.2) is 4.68 Å². The molecule has 0 fully saturated rings. The molecule has 4 heteroatoms. The molecule has 0 atom stereocenters. The SMILES string of the molecule is C=C/C=C\C(=C/C)n1c(=O)c(C)c(CBr)n1C. The Hall–Kier alpha value is -1.29. The summed E-state index contributed by atoms with van der Waals surface area (Å²) in [5, 5.41) is 0.666. The predicted octanol–water partition coefficient (Wildman–Crippen LogP) is 2.99.